The van der Waals surface area contributed by atoms with E-state index in [0.29, 0.717) is 12.0 Å². The molecule has 0 fully saturated rings. The topological polar surface area (TPSA) is 35.2 Å². The van der Waals surface area contributed by atoms with E-state index >= 15 is 0 Å². The molecule has 0 aliphatic rings. The van der Waals surface area contributed by atoms with E-state index in [4.69, 9.17) is 10.5 Å². The highest BCUT2D eigenvalue weighted by Crippen LogP contribution is 2.24. The normalized spacial score (nSPS) is 13.5. The Kier molecular flexibility index (Phi) is 4.40. The number of ether oxygens (including phenoxy) is 1. The minimum Gasteiger partial charge on any atom is -0.484 e. The monoisotopic (exact) mass is 247 g/mol. The Balaban J connectivity index is 2.82. The molecule has 1 atom stereocenters. The lowest BCUT2D eigenvalue weighted by atomic mass is 10.0. The smallest absolute Gasteiger partial charge is 0.422 e. The molecule has 17 heavy (non-hydrogen) atoms. The molecule has 0 radical (unpaired) electrons. The summed E-state index contributed by atoms with van der Waals surface area (Å²) in [6, 6.07) is 4.95. The van der Waals surface area contributed by atoms with Crippen LogP contribution in [0.4, 0.5) is 13.2 Å². The van der Waals surface area contributed by atoms with Crippen molar-refractivity contribution in [2.24, 2.45) is 5.73 Å². The third kappa shape index (κ3) is 5.08. The third-order valence-electron chi connectivity index (χ3n) is 2.15. The van der Waals surface area contributed by atoms with Gasteiger partial charge in [-0.05, 0) is 31.9 Å². The van der Waals surface area contributed by atoms with Crippen molar-refractivity contribution in [1.29, 1.82) is 0 Å². The first-order chi connectivity index (χ1) is 7.78. The van der Waals surface area contributed by atoms with Gasteiger partial charge in [-0.2, -0.15) is 13.2 Å². The maximum atomic E-state index is 12.1. The quantitative estimate of drug-likeness (QED) is 0.888. The fourth-order valence-electron chi connectivity index (χ4n) is 1.52. The van der Waals surface area contributed by atoms with Gasteiger partial charge in [0.1, 0.15) is 5.75 Å². The summed E-state index contributed by atoms with van der Waals surface area (Å²) in [6.07, 6.45) is -3.83. The van der Waals surface area contributed by atoms with Gasteiger partial charge in [-0.3, -0.25) is 0 Å². The lowest BCUT2D eigenvalue weighted by Gasteiger charge is -2.15. The summed E-state index contributed by atoms with van der Waals surface area (Å²) in [5.74, 6) is 0.255. The molecule has 0 saturated carbocycles. The number of benzene rings is 1. The predicted octanol–water partition coefficient (Wildman–Crippen LogP) is 2.83. The number of aryl methyl sites for hydroxylation is 1. The summed E-state index contributed by atoms with van der Waals surface area (Å²) in [4.78, 5) is 0. The molecular weight excluding hydrogens is 231 g/mol. The molecule has 1 aromatic carbocycles. The number of alkyl halides is 3. The van der Waals surface area contributed by atoms with Gasteiger partial charge in [0.05, 0.1) is 0 Å². The van der Waals surface area contributed by atoms with Crippen LogP contribution in [0.1, 0.15) is 18.1 Å². The number of hydrogen-bond donors (Lipinski definition) is 1. The summed E-state index contributed by atoms with van der Waals surface area (Å²) < 4.78 is 41.0. The first kappa shape index (κ1) is 13.8. The number of hydrogen-bond acceptors (Lipinski definition) is 2. The Bertz CT molecular complexity index is 375. The standard InChI is InChI=1S/C12H16F3NO/c1-8-3-4-11(17-7-12(13,14)15)10(5-8)6-9(2)16/h3-5,9H,6-7,16H2,1-2H3. The van der Waals surface area contributed by atoms with Gasteiger partial charge in [-0.1, -0.05) is 17.7 Å². The van der Waals surface area contributed by atoms with Gasteiger partial charge in [0.25, 0.3) is 0 Å². The molecule has 2 nitrogen and oxygen atoms in total. The number of halogens is 3. The second-order valence-corrected chi connectivity index (χ2v) is 4.20. The number of nitrogens with two attached hydrogens (primary N) is 1. The van der Waals surface area contributed by atoms with E-state index in [2.05, 4.69) is 0 Å². The van der Waals surface area contributed by atoms with Gasteiger partial charge in [0.2, 0.25) is 0 Å². The van der Waals surface area contributed by atoms with Crippen LogP contribution in [-0.4, -0.2) is 18.8 Å². The van der Waals surface area contributed by atoms with E-state index in [-0.39, 0.29) is 11.8 Å². The molecule has 0 heterocycles. The second kappa shape index (κ2) is 5.40. The van der Waals surface area contributed by atoms with Crippen LogP contribution in [0.15, 0.2) is 18.2 Å². The zero-order chi connectivity index (χ0) is 13.1. The van der Waals surface area contributed by atoms with Crippen LogP contribution in [0.3, 0.4) is 0 Å². The van der Waals surface area contributed by atoms with Gasteiger partial charge < -0.3 is 10.5 Å². The minimum absolute atomic E-state index is 0.120. The van der Waals surface area contributed by atoms with Gasteiger partial charge >= 0.3 is 6.18 Å². The van der Waals surface area contributed by atoms with Crippen molar-refractivity contribution in [3.05, 3.63) is 29.3 Å². The van der Waals surface area contributed by atoms with Crippen molar-refractivity contribution in [1.82, 2.24) is 0 Å². The van der Waals surface area contributed by atoms with Crippen molar-refractivity contribution in [3.8, 4) is 5.75 Å². The molecule has 96 valence electrons. The Morgan fingerprint density at radius 2 is 2.00 bits per heavy atom. The van der Waals surface area contributed by atoms with Gasteiger partial charge in [-0.15, -0.1) is 0 Å². The highest BCUT2D eigenvalue weighted by molar-refractivity contribution is 5.37. The molecule has 5 heteroatoms. The highest BCUT2D eigenvalue weighted by atomic mass is 19.4. The van der Waals surface area contributed by atoms with Crippen LogP contribution in [0.5, 0.6) is 5.75 Å². The van der Waals surface area contributed by atoms with E-state index in [1.807, 2.05) is 6.92 Å². The van der Waals surface area contributed by atoms with Crippen LogP contribution in [0.25, 0.3) is 0 Å². The van der Waals surface area contributed by atoms with Crippen LogP contribution in [0.2, 0.25) is 0 Å². The van der Waals surface area contributed by atoms with Gasteiger partial charge in [-0.25, -0.2) is 0 Å². The third-order valence-corrected chi connectivity index (χ3v) is 2.15. The molecule has 0 aliphatic carbocycles. The average molecular weight is 247 g/mol. The molecule has 0 saturated heterocycles. The molecule has 0 spiro atoms. The van der Waals surface area contributed by atoms with Crippen LogP contribution in [-0.2, 0) is 6.42 Å². The lowest BCUT2D eigenvalue weighted by molar-refractivity contribution is -0.153. The first-order valence-corrected chi connectivity index (χ1v) is 5.32. The zero-order valence-electron chi connectivity index (χ0n) is 9.84. The van der Waals surface area contributed by atoms with Crippen molar-refractivity contribution < 1.29 is 17.9 Å². The first-order valence-electron chi connectivity index (χ1n) is 5.32. The largest absolute Gasteiger partial charge is 0.484 e. The predicted molar refractivity (Wildman–Crippen MR) is 60.1 cm³/mol. The molecule has 1 unspecified atom stereocenters. The Morgan fingerprint density at radius 3 is 2.53 bits per heavy atom. The second-order valence-electron chi connectivity index (χ2n) is 4.20. The average Bonchev–Trinajstić information content (AvgIpc) is 2.14. The van der Waals surface area contributed by atoms with E-state index < -0.39 is 12.8 Å². The Hall–Kier alpha value is -1.23. The van der Waals surface area contributed by atoms with Gasteiger partial charge in [0, 0.05) is 6.04 Å². The lowest BCUT2D eigenvalue weighted by Crippen LogP contribution is -2.21. The fraction of sp³-hybridized carbons (Fsp3) is 0.500. The minimum atomic E-state index is -4.32. The van der Waals surface area contributed by atoms with Crippen LogP contribution >= 0.6 is 0 Å². The van der Waals surface area contributed by atoms with E-state index in [9.17, 15) is 13.2 Å². The van der Waals surface area contributed by atoms with E-state index in [1.54, 1.807) is 25.1 Å². The maximum Gasteiger partial charge on any atom is 0.422 e. The molecule has 0 aliphatic heterocycles. The van der Waals surface area contributed by atoms with Crippen molar-refractivity contribution in [2.75, 3.05) is 6.61 Å². The number of rotatable bonds is 4. The molecule has 1 rings (SSSR count). The van der Waals surface area contributed by atoms with Crippen molar-refractivity contribution >= 4 is 0 Å². The fourth-order valence-corrected chi connectivity index (χ4v) is 1.52. The van der Waals surface area contributed by atoms with Crippen molar-refractivity contribution in [3.63, 3.8) is 0 Å². The van der Waals surface area contributed by atoms with Crippen LogP contribution < -0.4 is 10.5 Å². The molecule has 2 N–H and O–H groups in total. The summed E-state index contributed by atoms with van der Waals surface area (Å²) in [6.45, 7) is 2.40. The SMILES string of the molecule is Cc1ccc(OCC(F)(F)F)c(CC(C)N)c1. The van der Waals surface area contributed by atoms with Crippen molar-refractivity contribution in [2.45, 2.75) is 32.5 Å². The summed E-state index contributed by atoms with van der Waals surface area (Å²) in [7, 11) is 0. The zero-order valence-corrected chi connectivity index (χ0v) is 9.84. The summed E-state index contributed by atoms with van der Waals surface area (Å²) >= 11 is 0. The van der Waals surface area contributed by atoms with Gasteiger partial charge in [0.15, 0.2) is 6.61 Å². The van der Waals surface area contributed by atoms with E-state index in [1.165, 1.54) is 0 Å². The Morgan fingerprint density at radius 1 is 1.35 bits per heavy atom. The molecule has 1 aromatic rings. The molecular formula is C12H16F3NO. The maximum absolute atomic E-state index is 12.1. The summed E-state index contributed by atoms with van der Waals surface area (Å²) in [5.41, 5.74) is 7.33. The van der Waals surface area contributed by atoms with E-state index in [0.717, 1.165) is 5.56 Å². The summed E-state index contributed by atoms with van der Waals surface area (Å²) in [5, 5.41) is 0. The molecule has 0 amide bonds. The molecule has 0 aromatic heterocycles. The highest BCUT2D eigenvalue weighted by Gasteiger charge is 2.28. The Labute approximate surface area is 98.6 Å². The van der Waals surface area contributed by atoms with Crippen LogP contribution in [0, 0.1) is 6.92 Å². The molecule has 0 bridgehead atoms.